The lowest BCUT2D eigenvalue weighted by Crippen LogP contribution is -2.19. The first-order valence-corrected chi connectivity index (χ1v) is 10.7. The fourth-order valence-electron chi connectivity index (χ4n) is 3.49. The lowest BCUT2D eigenvalue weighted by Gasteiger charge is -2.13. The molecule has 0 bridgehead atoms. The van der Waals surface area contributed by atoms with Gasteiger partial charge in [-0.1, -0.05) is 35.9 Å². The minimum absolute atomic E-state index is 0.469. The molecule has 5 aromatic rings. The third-order valence-corrected chi connectivity index (χ3v) is 5.55. The zero-order valence-corrected chi connectivity index (χ0v) is 18.3. The third-order valence-electron chi connectivity index (χ3n) is 5.01. The molecule has 0 aliphatic rings. The molecule has 5 nitrogen and oxygen atoms in total. The lowest BCUT2D eigenvalue weighted by molar-refractivity contribution is 0.572. The molecule has 0 saturated carbocycles. The van der Waals surface area contributed by atoms with Crippen molar-refractivity contribution in [2.75, 3.05) is 10.6 Å². The predicted octanol–water partition coefficient (Wildman–Crippen LogP) is 7.02. The molecule has 156 valence electrons. The van der Waals surface area contributed by atoms with Gasteiger partial charge in [0.15, 0.2) is 17.3 Å². The van der Waals surface area contributed by atoms with Crippen LogP contribution < -0.4 is 10.6 Å². The van der Waals surface area contributed by atoms with Crippen LogP contribution in [-0.2, 0) is 0 Å². The summed E-state index contributed by atoms with van der Waals surface area (Å²) in [6.07, 6.45) is 4.88. The first-order valence-electron chi connectivity index (χ1n) is 9.88. The van der Waals surface area contributed by atoms with Crippen LogP contribution in [0.1, 0.15) is 0 Å². The summed E-state index contributed by atoms with van der Waals surface area (Å²) in [6, 6.07) is 23.5. The fourth-order valence-corrected chi connectivity index (χ4v) is 3.93. The van der Waals surface area contributed by atoms with Crippen LogP contribution in [0.2, 0.25) is 5.02 Å². The summed E-state index contributed by atoms with van der Waals surface area (Å²) < 4.78 is 5.32. The highest BCUT2D eigenvalue weighted by atomic mass is 35.5. The van der Waals surface area contributed by atoms with Crippen LogP contribution in [0.5, 0.6) is 0 Å². The SMILES string of the molecule is S=C(Nc1ccc(-c2cnco2)cc1)Nc1ccc(Cl)c(-c2nccc3ccccc23)c1. The molecule has 0 aliphatic carbocycles. The Morgan fingerprint density at radius 3 is 2.50 bits per heavy atom. The highest BCUT2D eigenvalue weighted by Gasteiger charge is 2.11. The number of hydrogen-bond acceptors (Lipinski definition) is 4. The van der Waals surface area contributed by atoms with Gasteiger partial charge in [0.25, 0.3) is 0 Å². The smallest absolute Gasteiger partial charge is 0.181 e. The molecule has 2 N–H and O–H groups in total. The minimum Gasteiger partial charge on any atom is -0.444 e. The van der Waals surface area contributed by atoms with Gasteiger partial charge in [-0.3, -0.25) is 4.98 Å². The molecule has 0 saturated heterocycles. The number of aromatic nitrogens is 2. The van der Waals surface area contributed by atoms with Crippen molar-refractivity contribution >= 4 is 51.1 Å². The number of halogens is 1. The van der Waals surface area contributed by atoms with Crippen LogP contribution in [0.15, 0.2) is 96.0 Å². The zero-order chi connectivity index (χ0) is 21.9. The third kappa shape index (κ3) is 4.19. The minimum atomic E-state index is 0.469. The number of thiocarbonyl (C=S) groups is 1. The van der Waals surface area contributed by atoms with E-state index in [2.05, 4.69) is 26.7 Å². The molecular formula is C25H17ClN4OS. The van der Waals surface area contributed by atoms with Gasteiger partial charge < -0.3 is 15.1 Å². The van der Waals surface area contributed by atoms with Crippen LogP contribution in [0.3, 0.4) is 0 Å². The van der Waals surface area contributed by atoms with E-state index in [9.17, 15) is 0 Å². The molecule has 0 amide bonds. The maximum Gasteiger partial charge on any atom is 0.181 e. The van der Waals surface area contributed by atoms with Gasteiger partial charge in [0.05, 0.1) is 16.9 Å². The number of benzene rings is 3. The number of nitrogens with zero attached hydrogens (tertiary/aromatic N) is 2. The molecule has 2 heterocycles. The van der Waals surface area contributed by atoms with Crippen LogP contribution >= 0.6 is 23.8 Å². The van der Waals surface area contributed by atoms with E-state index in [1.807, 2.05) is 66.7 Å². The van der Waals surface area contributed by atoms with Crippen LogP contribution in [0, 0.1) is 0 Å². The van der Waals surface area contributed by atoms with E-state index in [1.165, 1.54) is 6.39 Å². The van der Waals surface area contributed by atoms with Gasteiger partial charge in [-0.2, -0.15) is 0 Å². The number of oxazole rings is 1. The van der Waals surface area contributed by atoms with Crippen molar-refractivity contribution in [1.29, 1.82) is 0 Å². The van der Waals surface area contributed by atoms with Crippen molar-refractivity contribution in [2.45, 2.75) is 0 Å². The van der Waals surface area contributed by atoms with Crippen molar-refractivity contribution in [3.63, 3.8) is 0 Å². The number of hydrogen-bond donors (Lipinski definition) is 2. The first-order chi connectivity index (χ1) is 15.7. The second-order valence-electron chi connectivity index (χ2n) is 7.10. The van der Waals surface area contributed by atoms with E-state index in [0.717, 1.165) is 39.0 Å². The Bertz CT molecular complexity index is 1400. The molecular weight excluding hydrogens is 440 g/mol. The summed E-state index contributed by atoms with van der Waals surface area (Å²) in [5, 5.41) is 9.66. The summed E-state index contributed by atoms with van der Waals surface area (Å²) >= 11 is 12.0. The number of nitrogens with one attached hydrogen (secondary N) is 2. The van der Waals surface area contributed by atoms with Crippen molar-refractivity contribution < 1.29 is 4.42 Å². The van der Waals surface area contributed by atoms with Gasteiger partial charge >= 0.3 is 0 Å². The molecule has 0 unspecified atom stereocenters. The topological polar surface area (TPSA) is 63.0 Å². The summed E-state index contributed by atoms with van der Waals surface area (Å²) in [5.74, 6) is 0.716. The van der Waals surface area contributed by atoms with Crippen LogP contribution in [0.4, 0.5) is 11.4 Å². The number of pyridine rings is 1. The Labute approximate surface area is 195 Å². The normalized spacial score (nSPS) is 10.8. The summed E-state index contributed by atoms with van der Waals surface area (Å²) in [4.78, 5) is 8.52. The Kier molecular flexibility index (Phi) is 5.54. The summed E-state index contributed by atoms with van der Waals surface area (Å²) in [5.41, 5.74) is 4.29. The van der Waals surface area contributed by atoms with Crippen molar-refractivity contribution in [1.82, 2.24) is 9.97 Å². The van der Waals surface area contributed by atoms with Gasteiger partial charge in [0.2, 0.25) is 0 Å². The number of rotatable bonds is 4. The summed E-state index contributed by atoms with van der Waals surface area (Å²) in [6.45, 7) is 0. The van der Waals surface area contributed by atoms with E-state index in [4.69, 9.17) is 28.2 Å². The molecule has 0 atom stereocenters. The monoisotopic (exact) mass is 456 g/mol. The number of fused-ring (bicyclic) bond motifs is 1. The number of anilines is 2. The standard InChI is InChI=1S/C25H17ClN4OS/c26-22-10-9-19(13-21(22)24-20-4-2-1-3-16(20)11-12-28-24)30-25(32)29-18-7-5-17(6-8-18)23-14-27-15-31-23/h1-15H,(H2,29,30,32). The summed E-state index contributed by atoms with van der Waals surface area (Å²) in [7, 11) is 0. The van der Waals surface area contributed by atoms with Gasteiger partial charge in [0, 0.05) is 34.1 Å². The predicted molar refractivity (Wildman–Crippen MR) is 134 cm³/mol. The quantitative estimate of drug-likeness (QED) is 0.283. The van der Waals surface area contributed by atoms with E-state index < -0.39 is 0 Å². The van der Waals surface area contributed by atoms with Gasteiger partial charge in [-0.15, -0.1) is 0 Å². The average Bonchev–Trinajstić information content (AvgIpc) is 3.35. The van der Waals surface area contributed by atoms with E-state index in [-0.39, 0.29) is 0 Å². The highest BCUT2D eigenvalue weighted by Crippen LogP contribution is 2.33. The van der Waals surface area contributed by atoms with Gasteiger partial charge in [0.1, 0.15) is 0 Å². The molecule has 2 aromatic heterocycles. The first kappa shape index (κ1) is 20.2. The maximum atomic E-state index is 6.53. The molecule has 32 heavy (non-hydrogen) atoms. The fraction of sp³-hybridized carbons (Fsp3) is 0. The van der Waals surface area contributed by atoms with Crippen LogP contribution in [0.25, 0.3) is 33.4 Å². The molecule has 5 rings (SSSR count). The molecule has 7 heteroatoms. The van der Waals surface area contributed by atoms with Gasteiger partial charge in [-0.25, -0.2) is 4.98 Å². The Hall–Kier alpha value is -3.74. The molecule has 0 fully saturated rings. The lowest BCUT2D eigenvalue weighted by atomic mass is 10.0. The van der Waals surface area contributed by atoms with Crippen molar-refractivity contribution in [3.8, 4) is 22.6 Å². The second kappa shape index (κ2) is 8.78. The van der Waals surface area contributed by atoms with E-state index in [0.29, 0.717) is 15.9 Å². The molecule has 3 aromatic carbocycles. The largest absolute Gasteiger partial charge is 0.444 e. The van der Waals surface area contributed by atoms with Crippen LogP contribution in [-0.4, -0.2) is 15.1 Å². The van der Waals surface area contributed by atoms with E-state index >= 15 is 0 Å². The molecule has 0 radical (unpaired) electrons. The van der Waals surface area contributed by atoms with Gasteiger partial charge in [-0.05, 0) is 66.1 Å². The Balaban J connectivity index is 1.35. The zero-order valence-electron chi connectivity index (χ0n) is 16.7. The molecule has 0 aliphatic heterocycles. The Morgan fingerprint density at radius 2 is 1.69 bits per heavy atom. The highest BCUT2D eigenvalue weighted by molar-refractivity contribution is 7.80. The Morgan fingerprint density at radius 1 is 0.906 bits per heavy atom. The maximum absolute atomic E-state index is 6.53. The van der Waals surface area contributed by atoms with E-state index in [1.54, 1.807) is 12.4 Å². The van der Waals surface area contributed by atoms with Crippen molar-refractivity contribution in [3.05, 3.63) is 96.6 Å². The second-order valence-corrected chi connectivity index (χ2v) is 7.91. The average molecular weight is 457 g/mol. The van der Waals surface area contributed by atoms with Crippen molar-refractivity contribution in [2.24, 2.45) is 0 Å². The molecule has 0 spiro atoms.